The van der Waals surface area contributed by atoms with E-state index in [0.717, 1.165) is 16.5 Å². The van der Waals surface area contributed by atoms with E-state index in [9.17, 15) is 4.79 Å². The Hall–Kier alpha value is -3.41. The van der Waals surface area contributed by atoms with Crippen LogP contribution in [-0.2, 0) is 6.42 Å². The third kappa shape index (κ3) is 3.09. The molecule has 0 aliphatic carbocycles. The smallest absolute Gasteiger partial charge is 0.287 e. The second-order valence-electron chi connectivity index (χ2n) is 5.94. The van der Waals surface area contributed by atoms with E-state index in [-0.39, 0.29) is 5.91 Å². The quantitative estimate of drug-likeness (QED) is 0.594. The fraction of sp³-hybridized carbons (Fsp3) is 0.150. The SMILES string of the molecule is Cc1c(C(=O)NCCc2nc(-c3ccccc3)no2)oc2ccccc12. The Bertz CT molecular complexity index is 1050. The van der Waals surface area contributed by atoms with Crippen molar-refractivity contribution in [2.45, 2.75) is 13.3 Å². The summed E-state index contributed by atoms with van der Waals surface area (Å²) >= 11 is 0. The van der Waals surface area contributed by atoms with Gasteiger partial charge in [-0.2, -0.15) is 4.98 Å². The molecule has 0 aliphatic rings. The first kappa shape index (κ1) is 16.1. The molecule has 0 aliphatic heterocycles. The topological polar surface area (TPSA) is 81.2 Å². The summed E-state index contributed by atoms with van der Waals surface area (Å²) in [5, 5.41) is 7.75. The van der Waals surface area contributed by atoms with Crippen LogP contribution in [0.25, 0.3) is 22.4 Å². The lowest BCUT2D eigenvalue weighted by Gasteiger charge is -2.01. The predicted molar refractivity (Wildman–Crippen MR) is 96.7 cm³/mol. The van der Waals surface area contributed by atoms with Crippen LogP contribution < -0.4 is 5.32 Å². The van der Waals surface area contributed by atoms with Gasteiger partial charge in [-0.25, -0.2) is 0 Å². The molecule has 0 bridgehead atoms. The monoisotopic (exact) mass is 347 g/mol. The fourth-order valence-electron chi connectivity index (χ4n) is 2.82. The van der Waals surface area contributed by atoms with Crippen LogP contribution >= 0.6 is 0 Å². The maximum absolute atomic E-state index is 12.4. The molecule has 0 radical (unpaired) electrons. The van der Waals surface area contributed by atoms with Gasteiger partial charge in [-0.15, -0.1) is 0 Å². The fourth-order valence-corrected chi connectivity index (χ4v) is 2.82. The maximum Gasteiger partial charge on any atom is 0.287 e. The number of para-hydroxylation sites is 1. The largest absolute Gasteiger partial charge is 0.451 e. The molecule has 4 aromatic rings. The summed E-state index contributed by atoms with van der Waals surface area (Å²) in [6, 6.07) is 17.2. The van der Waals surface area contributed by atoms with E-state index in [1.807, 2.05) is 61.5 Å². The van der Waals surface area contributed by atoms with E-state index < -0.39 is 0 Å². The molecule has 0 unspecified atom stereocenters. The summed E-state index contributed by atoms with van der Waals surface area (Å²) < 4.78 is 10.9. The van der Waals surface area contributed by atoms with Gasteiger partial charge in [-0.1, -0.05) is 53.7 Å². The highest BCUT2D eigenvalue weighted by Gasteiger charge is 2.17. The molecule has 0 spiro atoms. The highest BCUT2D eigenvalue weighted by Crippen LogP contribution is 2.24. The molecule has 1 amide bonds. The molecule has 0 atom stereocenters. The van der Waals surface area contributed by atoms with Crippen LogP contribution in [0.3, 0.4) is 0 Å². The van der Waals surface area contributed by atoms with Crippen molar-refractivity contribution in [2.24, 2.45) is 0 Å². The summed E-state index contributed by atoms with van der Waals surface area (Å²) in [5.74, 6) is 1.11. The number of aromatic nitrogens is 2. The van der Waals surface area contributed by atoms with Gasteiger partial charge in [0.05, 0.1) is 0 Å². The van der Waals surface area contributed by atoms with Crippen molar-refractivity contribution in [1.29, 1.82) is 0 Å². The van der Waals surface area contributed by atoms with Gasteiger partial charge in [0.25, 0.3) is 5.91 Å². The molecule has 6 heteroatoms. The molecular formula is C20H17N3O3. The minimum atomic E-state index is -0.249. The number of carbonyl (C=O) groups excluding carboxylic acids is 1. The number of carbonyl (C=O) groups is 1. The normalized spacial score (nSPS) is 11.0. The number of hydrogen-bond acceptors (Lipinski definition) is 5. The van der Waals surface area contributed by atoms with Gasteiger partial charge in [0, 0.05) is 29.5 Å². The van der Waals surface area contributed by atoms with Crippen LogP contribution in [0.15, 0.2) is 63.5 Å². The van der Waals surface area contributed by atoms with Crippen LogP contribution in [-0.4, -0.2) is 22.6 Å². The highest BCUT2D eigenvalue weighted by molar-refractivity contribution is 5.98. The highest BCUT2D eigenvalue weighted by atomic mass is 16.5. The first-order valence-electron chi connectivity index (χ1n) is 8.37. The molecule has 2 aromatic heterocycles. The number of fused-ring (bicyclic) bond motifs is 1. The molecule has 6 nitrogen and oxygen atoms in total. The Kier molecular flexibility index (Phi) is 4.23. The van der Waals surface area contributed by atoms with E-state index >= 15 is 0 Å². The van der Waals surface area contributed by atoms with Gasteiger partial charge in [-0.05, 0) is 13.0 Å². The van der Waals surface area contributed by atoms with Gasteiger partial charge >= 0.3 is 0 Å². The molecule has 130 valence electrons. The van der Waals surface area contributed by atoms with Crippen molar-refractivity contribution in [1.82, 2.24) is 15.5 Å². The number of nitrogens with one attached hydrogen (secondary N) is 1. The molecule has 0 fully saturated rings. The summed E-state index contributed by atoms with van der Waals surface area (Å²) in [4.78, 5) is 16.7. The standard InChI is InChI=1S/C20H17N3O3/c1-13-15-9-5-6-10-16(15)25-18(13)20(24)21-12-11-17-22-19(23-26-17)14-7-3-2-4-8-14/h2-10H,11-12H2,1H3,(H,21,24). The van der Waals surface area contributed by atoms with Gasteiger partial charge in [0.2, 0.25) is 11.7 Å². The third-order valence-electron chi connectivity index (χ3n) is 4.17. The van der Waals surface area contributed by atoms with Crippen molar-refractivity contribution in [3.63, 3.8) is 0 Å². The van der Waals surface area contributed by atoms with Gasteiger partial charge in [0.15, 0.2) is 5.76 Å². The van der Waals surface area contributed by atoms with Crippen LogP contribution in [0, 0.1) is 6.92 Å². The number of rotatable bonds is 5. The average molecular weight is 347 g/mol. The first-order chi connectivity index (χ1) is 12.7. The first-order valence-corrected chi connectivity index (χ1v) is 8.37. The number of furan rings is 1. The third-order valence-corrected chi connectivity index (χ3v) is 4.17. The van der Waals surface area contributed by atoms with Crippen LogP contribution in [0.5, 0.6) is 0 Å². The summed E-state index contributed by atoms with van der Waals surface area (Å²) in [7, 11) is 0. The molecule has 26 heavy (non-hydrogen) atoms. The van der Waals surface area contributed by atoms with Crippen molar-refractivity contribution < 1.29 is 13.7 Å². The minimum Gasteiger partial charge on any atom is -0.451 e. The number of benzene rings is 2. The lowest BCUT2D eigenvalue weighted by molar-refractivity contribution is 0.0927. The Morgan fingerprint density at radius 2 is 1.85 bits per heavy atom. The second kappa shape index (κ2) is 6.84. The molecule has 2 heterocycles. The summed E-state index contributed by atoms with van der Waals surface area (Å²) in [6.45, 7) is 2.26. The lowest BCUT2D eigenvalue weighted by atomic mass is 10.1. The zero-order valence-corrected chi connectivity index (χ0v) is 14.2. The van der Waals surface area contributed by atoms with Crippen LogP contribution in [0.2, 0.25) is 0 Å². The molecule has 0 saturated carbocycles. The number of amides is 1. The van der Waals surface area contributed by atoms with Crippen molar-refractivity contribution in [3.8, 4) is 11.4 Å². The van der Waals surface area contributed by atoms with E-state index in [4.69, 9.17) is 8.94 Å². The van der Waals surface area contributed by atoms with Crippen molar-refractivity contribution >= 4 is 16.9 Å². The zero-order valence-electron chi connectivity index (χ0n) is 14.2. The summed E-state index contributed by atoms with van der Waals surface area (Å²) in [6.07, 6.45) is 0.449. The average Bonchev–Trinajstić information content (AvgIpc) is 3.28. The summed E-state index contributed by atoms with van der Waals surface area (Å²) in [5.41, 5.74) is 2.44. The maximum atomic E-state index is 12.4. The predicted octanol–water partition coefficient (Wildman–Crippen LogP) is 3.76. The molecule has 1 N–H and O–H groups in total. The minimum absolute atomic E-state index is 0.249. The molecule has 4 rings (SSSR count). The Labute approximate surface area is 149 Å². The molecule has 0 saturated heterocycles. The molecule has 2 aromatic carbocycles. The van der Waals surface area contributed by atoms with Gasteiger partial charge in [0.1, 0.15) is 5.58 Å². The lowest BCUT2D eigenvalue weighted by Crippen LogP contribution is -2.25. The Morgan fingerprint density at radius 3 is 2.65 bits per heavy atom. The van der Waals surface area contributed by atoms with E-state index in [1.165, 1.54) is 0 Å². The van der Waals surface area contributed by atoms with Crippen LogP contribution in [0.4, 0.5) is 0 Å². The number of nitrogens with zero attached hydrogens (tertiary/aromatic N) is 2. The molecular weight excluding hydrogens is 330 g/mol. The van der Waals surface area contributed by atoms with Gasteiger partial charge < -0.3 is 14.3 Å². The van der Waals surface area contributed by atoms with Crippen molar-refractivity contribution in [2.75, 3.05) is 6.54 Å². The van der Waals surface area contributed by atoms with Gasteiger partial charge in [-0.3, -0.25) is 4.79 Å². The Morgan fingerprint density at radius 1 is 1.08 bits per heavy atom. The van der Waals surface area contributed by atoms with E-state index in [2.05, 4.69) is 15.5 Å². The number of hydrogen-bond donors (Lipinski definition) is 1. The van der Waals surface area contributed by atoms with Crippen LogP contribution in [0.1, 0.15) is 22.0 Å². The van der Waals surface area contributed by atoms with E-state index in [1.54, 1.807) is 0 Å². The van der Waals surface area contributed by atoms with Crippen molar-refractivity contribution in [3.05, 3.63) is 71.8 Å². The second-order valence-corrected chi connectivity index (χ2v) is 5.94. The number of aryl methyl sites for hydroxylation is 1. The Balaban J connectivity index is 1.39. The van der Waals surface area contributed by atoms with E-state index in [0.29, 0.717) is 36.0 Å². The zero-order chi connectivity index (χ0) is 17.9.